The minimum absolute atomic E-state index is 0.424. The Labute approximate surface area is 85.8 Å². The van der Waals surface area contributed by atoms with Crippen LogP contribution in [0.2, 0.25) is 0 Å². The fourth-order valence-electron chi connectivity index (χ4n) is 1.47. The van der Waals surface area contributed by atoms with Crippen molar-refractivity contribution in [3.8, 4) is 0 Å². The molecule has 0 N–H and O–H groups in total. The maximum Gasteiger partial charge on any atom is 0.282 e. The Bertz CT molecular complexity index is 298. The van der Waals surface area contributed by atoms with E-state index in [2.05, 4.69) is 0 Å². The Kier molecular flexibility index (Phi) is 3.20. The molecule has 14 heavy (non-hydrogen) atoms. The van der Waals surface area contributed by atoms with E-state index in [1.54, 1.807) is 14.1 Å². The third-order valence-corrected chi connectivity index (χ3v) is 4.47. The Morgan fingerprint density at radius 1 is 1.36 bits per heavy atom. The normalized spacial score (nSPS) is 24.1. The van der Waals surface area contributed by atoms with Crippen LogP contribution in [0.4, 0.5) is 0 Å². The molecule has 1 heterocycles. The molecule has 0 aromatic carbocycles. The monoisotopic (exact) mass is 222 g/mol. The van der Waals surface area contributed by atoms with Crippen molar-refractivity contribution < 1.29 is 13.2 Å². The quantitative estimate of drug-likeness (QED) is 0.656. The van der Waals surface area contributed by atoms with Crippen LogP contribution in [0.3, 0.4) is 0 Å². The highest BCUT2D eigenvalue weighted by atomic mass is 32.2. The summed E-state index contributed by atoms with van der Waals surface area (Å²) in [5, 5.41) is 0. The predicted molar refractivity (Wildman–Crippen MR) is 54.2 cm³/mol. The van der Waals surface area contributed by atoms with Gasteiger partial charge in [0.15, 0.2) is 0 Å². The molecule has 0 unspecified atom stereocenters. The Balaban J connectivity index is 2.96. The summed E-state index contributed by atoms with van der Waals surface area (Å²) in [4.78, 5) is 0. The van der Waals surface area contributed by atoms with E-state index in [1.807, 2.05) is 13.8 Å². The number of morpholine rings is 1. The fourth-order valence-corrected chi connectivity index (χ4v) is 2.85. The average Bonchev–Trinajstić information content (AvgIpc) is 2.02. The third-order valence-electron chi connectivity index (χ3n) is 2.31. The van der Waals surface area contributed by atoms with E-state index in [-0.39, 0.29) is 0 Å². The molecule has 0 saturated carbocycles. The van der Waals surface area contributed by atoms with Gasteiger partial charge in [0.2, 0.25) is 0 Å². The van der Waals surface area contributed by atoms with E-state index in [1.165, 1.54) is 8.61 Å². The van der Waals surface area contributed by atoms with Gasteiger partial charge in [0.1, 0.15) is 0 Å². The topological polar surface area (TPSA) is 49.9 Å². The van der Waals surface area contributed by atoms with Gasteiger partial charge >= 0.3 is 0 Å². The molecule has 1 rings (SSSR count). The first-order valence-electron chi connectivity index (χ1n) is 4.56. The van der Waals surface area contributed by atoms with E-state index < -0.39 is 15.7 Å². The molecule has 1 aliphatic heterocycles. The molecular weight excluding hydrogens is 204 g/mol. The average molecular weight is 222 g/mol. The Hall–Kier alpha value is -0.170. The third kappa shape index (κ3) is 2.08. The molecule has 0 atom stereocenters. The lowest BCUT2D eigenvalue weighted by Crippen LogP contribution is -2.58. The maximum absolute atomic E-state index is 11.9. The molecule has 1 saturated heterocycles. The van der Waals surface area contributed by atoms with Crippen molar-refractivity contribution in [3.05, 3.63) is 0 Å². The SMILES string of the molecule is CN(C)S(=O)(=O)N1CCOCC1(C)C. The van der Waals surface area contributed by atoms with E-state index >= 15 is 0 Å². The number of nitrogens with zero attached hydrogens (tertiary/aromatic N) is 2. The van der Waals surface area contributed by atoms with Crippen molar-refractivity contribution >= 4 is 10.2 Å². The highest BCUT2D eigenvalue weighted by molar-refractivity contribution is 7.86. The van der Waals surface area contributed by atoms with Crippen LogP contribution in [0.15, 0.2) is 0 Å². The molecule has 0 bridgehead atoms. The van der Waals surface area contributed by atoms with Crippen molar-refractivity contribution in [1.82, 2.24) is 8.61 Å². The molecule has 6 heteroatoms. The molecule has 84 valence electrons. The van der Waals surface area contributed by atoms with Crippen molar-refractivity contribution in [3.63, 3.8) is 0 Å². The molecule has 5 nitrogen and oxygen atoms in total. The van der Waals surface area contributed by atoms with Crippen LogP contribution in [0.25, 0.3) is 0 Å². The molecule has 0 spiro atoms. The van der Waals surface area contributed by atoms with E-state index in [9.17, 15) is 8.42 Å². The molecule has 0 radical (unpaired) electrons. The first kappa shape index (κ1) is 11.9. The number of ether oxygens (including phenoxy) is 1. The van der Waals surface area contributed by atoms with Crippen molar-refractivity contribution in [2.45, 2.75) is 19.4 Å². The second kappa shape index (κ2) is 3.77. The van der Waals surface area contributed by atoms with Gasteiger partial charge < -0.3 is 4.74 Å². The van der Waals surface area contributed by atoms with Gasteiger partial charge in [-0.15, -0.1) is 0 Å². The highest BCUT2D eigenvalue weighted by Crippen LogP contribution is 2.23. The van der Waals surface area contributed by atoms with Gasteiger partial charge in [-0.1, -0.05) is 0 Å². The van der Waals surface area contributed by atoms with Crippen LogP contribution in [0, 0.1) is 0 Å². The molecule has 0 aromatic rings. The summed E-state index contributed by atoms with van der Waals surface area (Å²) >= 11 is 0. The Morgan fingerprint density at radius 3 is 2.36 bits per heavy atom. The summed E-state index contributed by atoms with van der Waals surface area (Å²) in [6.45, 7) is 5.07. The van der Waals surface area contributed by atoms with Crippen LogP contribution < -0.4 is 0 Å². The maximum atomic E-state index is 11.9. The summed E-state index contributed by atoms with van der Waals surface area (Å²) in [5.74, 6) is 0. The zero-order valence-corrected chi connectivity index (χ0v) is 9.97. The summed E-state index contributed by atoms with van der Waals surface area (Å²) < 4.78 is 31.8. The summed E-state index contributed by atoms with van der Waals surface area (Å²) in [6, 6.07) is 0. The number of hydrogen-bond donors (Lipinski definition) is 0. The van der Waals surface area contributed by atoms with Crippen LogP contribution >= 0.6 is 0 Å². The predicted octanol–water partition coefficient (Wildman–Crippen LogP) is -0.0964. The summed E-state index contributed by atoms with van der Waals surface area (Å²) in [7, 11) is -0.236. The van der Waals surface area contributed by atoms with Crippen molar-refractivity contribution in [2.24, 2.45) is 0 Å². The molecular formula is C8H18N2O3S. The van der Waals surface area contributed by atoms with Crippen molar-refractivity contribution in [2.75, 3.05) is 33.9 Å². The molecule has 0 aliphatic carbocycles. The van der Waals surface area contributed by atoms with Crippen LogP contribution in [0.5, 0.6) is 0 Å². The molecule has 0 aromatic heterocycles. The largest absolute Gasteiger partial charge is 0.378 e. The van der Waals surface area contributed by atoms with Crippen LogP contribution in [0.1, 0.15) is 13.8 Å². The first-order valence-corrected chi connectivity index (χ1v) is 5.96. The van der Waals surface area contributed by atoms with E-state index in [0.717, 1.165) is 0 Å². The van der Waals surface area contributed by atoms with Gasteiger partial charge in [-0.3, -0.25) is 0 Å². The van der Waals surface area contributed by atoms with Gasteiger partial charge in [0.05, 0.1) is 18.8 Å². The molecule has 1 aliphatic rings. The van der Waals surface area contributed by atoms with E-state index in [4.69, 9.17) is 4.74 Å². The lowest BCUT2D eigenvalue weighted by Gasteiger charge is -2.41. The second-order valence-electron chi connectivity index (χ2n) is 4.23. The first-order chi connectivity index (χ1) is 6.28. The van der Waals surface area contributed by atoms with Crippen LogP contribution in [-0.4, -0.2) is 56.4 Å². The zero-order valence-electron chi connectivity index (χ0n) is 9.15. The minimum Gasteiger partial charge on any atom is -0.378 e. The van der Waals surface area contributed by atoms with E-state index in [0.29, 0.717) is 19.8 Å². The van der Waals surface area contributed by atoms with Crippen molar-refractivity contribution in [1.29, 1.82) is 0 Å². The number of rotatable bonds is 2. The zero-order chi connectivity index (χ0) is 11.0. The van der Waals surface area contributed by atoms with Gasteiger partial charge in [0, 0.05) is 20.6 Å². The van der Waals surface area contributed by atoms with Gasteiger partial charge in [-0.2, -0.15) is 17.0 Å². The van der Waals surface area contributed by atoms with Crippen LogP contribution in [-0.2, 0) is 14.9 Å². The lowest BCUT2D eigenvalue weighted by atomic mass is 10.1. The molecule has 0 amide bonds. The highest BCUT2D eigenvalue weighted by Gasteiger charge is 2.39. The standard InChI is InChI=1S/C8H18N2O3S/c1-8(2)7-13-6-5-10(8)14(11,12)9(3)4/h5-7H2,1-4H3. The van der Waals surface area contributed by atoms with Gasteiger partial charge in [-0.05, 0) is 13.8 Å². The Morgan fingerprint density at radius 2 is 1.93 bits per heavy atom. The second-order valence-corrected chi connectivity index (χ2v) is 6.29. The van der Waals surface area contributed by atoms with Gasteiger partial charge in [0.25, 0.3) is 10.2 Å². The number of hydrogen-bond acceptors (Lipinski definition) is 3. The summed E-state index contributed by atoms with van der Waals surface area (Å²) in [6.07, 6.45) is 0. The smallest absolute Gasteiger partial charge is 0.282 e. The minimum atomic E-state index is -3.32. The lowest BCUT2D eigenvalue weighted by molar-refractivity contribution is -0.00982. The fraction of sp³-hybridized carbons (Fsp3) is 1.00. The summed E-state index contributed by atoms with van der Waals surface area (Å²) in [5.41, 5.74) is -0.457. The van der Waals surface area contributed by atoms with Gasteiger partial charge in [-0.25, -0.2) is 0 Å². The molecule has 1 fully saturated rings.